The lowest BCUT2D eigenvalue weighted by atomic mass is 9.98. The fourth-order valence-corrected chi connectivity index (χ4v) is 3.07. The van der Waals surface area contributed by atoms with E-state index in [2.05, 4.69) is 52.4 Å². The van der Waals surface area contributed by atoms with Crippen molar-refractivity contribution in [3.63, 3.8) is 0 Å². The van der Waals surface area contributed by atoms with Crippen LogP contribution in [-0.4, -0.2) is 13.7 Å². The summed E-state index contributed by atoms with van der Waals surface area (Å²) in [5, 5.41) is 4.16. The highest BCUT2D eigenvalue weighted by atomic mass is 79.9. The van der Waals surface area contributed by atoms with Crippen molar-refractivity contribution in [1.29, 1.82) is 0 Å². The van der Waals surface area contributed by atoms with Crippen molar-refractivity contribution in [3.05, 3.63) is 63.1 Å². The zero-order chi connectivity index (χ0) is 15.2. The summed E-state index contributed by atoms with van der Waals surface area (Å²) in [7, 11) is 1.63. The van der Waals surface area contributed by atoms with Crippen LogP contribution in [0.1, 0.15) is 24.1 Å². The fourth-order valence-electron chi connectivity index (χ4n) is 2.35. The molecule has 2 aromatic carbocycles. The maximum absolute atomic E-state index is 6.24. The minimum Gasteiger partial charge on any atom is -0.495 e. The molecule has 112 valence electrons. The van der Waals surface area contributed by atoms with Crippen molar-refractivity contribution in [3.8, 4) is 5.75 Å². The number of likely N-dealkylation sites (N-methyl/N-ethyl adjacent to an activating group) is 1. The maximum Gasteiger partial charge on any atom is 0.137 e. The van der Waals surface area contributed by atoms with E-state index in [1.807, 2.05) is 18.2 Å². The highest BCUT2D eigenvalue weighted by molar-refractivity contribution is 9.10. The summed E-state index contributed by atoms with van der Waals surface area (Å²) < 4.78 is 6.32. The Balaban J connectivity index is 2.24. The molecule has 1 N–H and O–H groups in total. The van der Waals surface area contributed by atoms with Gasteiger partial charge >= 0.3 is 0 Å². The molecular weight excluding hydrogens is 350 g/mol. The number of benzene rings is 2. The molecule has 21 heavy (non-hydrogen) atoms. The van der Waals surface area contributed by atoms with Crippen LogP contribution in [0, 0.1) is 0 Å². The number of nitrogens with one attached hydrogen (secondary N) is 1. The summed E-state index contributed by atoms with van der Waals surface area (Å²) in [6.45, 7) is 3.02. The van der Waals surface area contributed by atoms with E-state index < -0.39 is 0 Å². The number of ether oxygens (including phenoxy) is 1. The van der Waals surface area contributed by atoms with E-state index in [-0.39, 0.29) is 6.04 Å². The van der Waals surface area contributed by atoms with E-state index in [9.17, 15) is 0 Å². The third-order valence-electron chi connectivity index (χ3n) is 3.36. The van der Waals surface area contributed by atoms with Crippen LogP contribution in [0.3, 0.4) is 0 Å². The van der Waals surface area contributed by atoms with Gasteiger partial charge in [-0.15, -0.1) is 0 Å². The Morgan fingerprint density at radius 3 is 2.67 bits per heavy atom. The number of hydrogen-bond acceptors (Lipinski definition) is 2. The number of methoxy groups -OCH3 is 1. The van der Waals surface area contributed by atoms with Gasteiger partial charge in [-0.2, -0.15) is 0 Å². The maximum atomic E-state index is 6.24. The second-order valence-electron chi connectivity index (χ2n) is 4.84. The standard InChI is InChI=1S/C17H19BrClNO/c1-3-20-16(10-12-5-4-6-14(18)9-12)13-7-8-17(21-2)15(19)11-13/h4-9,11,16,20H,3,10H2,1-2H3. The zero-order valence-electron chi connectivity index (χ0n) is 12.2. The van der Waals surface area contributed by atoms with Gasteiger partial charge in [-0.3, -0.25) is 0 Å². The summed E-state index contributed by atoms with van der Waals surface area (Å²) in [5.74, 6) is 0.707. The average molecular weight is 369 g/mol. The van der Waals surface area contributed by atoms with Crippen LogP contribution in [0.2, 0.25) is 5.02 Å². The molecule has 0 aliphatic heterocycles. The van der Waals surface area contributed by atoms with Gasteiger partial charge in [-0.25, -0.2) is 0 Å². The molecule has 0 bridgehead atoms. The minimum absolute atomic E-state index is 0.229. The van der Waals surface area contributed by atoms with Gasteiger partial charge < -0.3 is 10.1 Å². The number of hydrogen-bond donors (Lipinski definition) is 1. The summed E-state index contributed by atoms with van der Waals surface area (Å²) in [6, 6.07) is 14.6. The number of rotatable bonds is 6. The third kappa shape index (κ3) is 4.47. The molecule has 0 amide bonds. The lowest BCUT2D eigenvalue weighted by Gasteiger charge is -2.19. The molecule has 0 aliphatic carbocycles. The summed E-state index contributed by atoms with van der Waals surface area (Å²) in [6.07, 6.45) is 0.913. The molecule has 2 rings (SSSR count). The Hall–Kier alpha value is -1.03. The summed E-state index contributed by atoms with van der Waals surface area (Å²) >= 11 is 9.76. The Morgan fingerprint density at radius 2 is 2.05 bits per heavy atom. The Labute approximate surface area is 139 Å². The van der Waals surface area contributed by atoms with Gasteiger partial charge in [-0.1, -0.05) is 52.7 Å². The highest BCUT2D eigenvalue weighted by Gasteiger charge is 2.13. The Kier molecular flexibility index (Phi) is 6.09. The normalized spacial score (nSPS) is 12.2. The van der Waals surface area contributed by atoms with Crippen LogP contribution in [0.5, 0.6) is 5.75 Å². The first-order valence-electron chi connectivity index (χ1n) is 6.95. The first-order chi connectivity index (χ1) is 10.1. The van der Waals surface area contributed by atoms with E-state index in [1.54, 1.807) is 7.11 Å². The first kappa shape index (κ1) is 16.3. The molecule has 4 heteroatoms. The molecule has 1 unspecified atom stereocenters. The van der Waals surface area contributed by atoms with Crippen molar-refractivity contribution in [2.45, 2.75) is 19.4 Å². The van der Waals surface area contributed by atoms with Crippen LogP contribution in [0.4, 0.5) is 0 Å². The summed E-state index contributed by atoms with van der Waals surface area (Å²) in [5.41, 5.74) is 2.45. The Bertz CT molecular complexity index is 603. The molecule has 0 spiro atoms. The third-order valence-corrected chi connectivity index (χ3v) is 4.15. The van der Waals surface area contributed by atoms with Crippen LogP contribution >= 0.6 is 27.5 Å². The van der Waals surface area contributed by atoms with E-state index >= 15 is 0 Å². The van der Waals surface area contributed by atoms with Crippen molar-refractivity contribution in [2.24, 2.45) is 0 Å². The molecule has 0 radical (unpaired) electrons. The van der Waals surface area contributed by atoms with Crippen LogP contribution in [-0.2, 0) is 6.42 Å². The van der Waals surface area contributed by atoms with Gasteiger partial charge in [0.25, 0.3) is 0 Å². The molecule has 0 fully saturated rings. The van der Waals surface area contributed by atoms with E-state index in [0.717, 1.165) is 17.4 Å². The van der Waals surface area contributed by atoms with E-state index in [4.69, 9.17) is 16.3 Å². The van der Waals surface area contributed by atoms with Gasteiger partial charge in [0.05, 0.1) is 12.1 Å². The second kappa shape index (κ2) is 7.83. The molecule has 0 saturated carbocycles. The quantitative estimate of drug-likeness (QED) is 0.774. The van der Waals surface area contributed by atoms with Gasteiger partial charge in [0.1, 0.15) is 5.75 Å². The van der Waals surface area contributed by atoms with Crippen LogP contribution < -0.4 is 10.1 Å². The van der Waals surface area contributed by atoms with Crippen molar-refractivity contribution in [1.82, 2.24) is 5.32 Å². The van der Waals surface area contributed by atoms with Crippen LogP contribution in [0.25, 0.3) is 0 Å². The zero-order valence-corrected chi connectivity index (χ0v) is 14.5. The lowest BCUT2D eigenvalue weighted by Crippen LogP contribution is -2.23. The van der Waals surface area contributed by atoms with Crippen LogP contribution in [0.15, 0.2) is 46.9 Å². The average Bonchev–Trinajstić information content (AvgIpc) is 2.47. The molecule has 2 aromatic rings. The van der Waals surface area contributed by atoms with Crippen molar-refractivity contribution >= 4 is 27.5 Å². The van der Waals surface area contributed by atoms with Gasteiger partial charge in [-0.05, 0) is 48.4 Å². The minimum atomic E-state index is 0.229. The first-order valence-corrected chi connectivity index (χ1v) is 8.12. The van der Waals surface area contributed by atoms with Gasteiger partial charge in [0, 0.05) is 10.5 Å². The largest absolute Gasteiger partial charge is 0.495 e. The Morgan fingerprint density at radius 1 is 1.24 bits per heavy atom. The molecular formula is C17H19BrClNO. The second-order valence-corrected chi connectivity index (χ2v) is 6.16. The highest BCUT2D eigenvalue weighted by Crippen LogP contribution is 2.29. The van der Waals surface area contributed by atoms with E-state index in [0.29, 0.717) is 10.8 Å². The monoisotopic (exact) mass is 367 g/mol. The lowest BCUT2D eigenvalue weighted by molar-refractivity contribution is 0.414. The topological polar surface area (TPSA) is 21.3 Å². The molecule has 2 nitrogen and oxygen atoms in total. The van der Waals surface area contributed by atoms with Gasteiger partial charge in [0.15, 0.2) is 0 Å². The molecule has 0 aromatic heterocycles. The smallest absolute Gasteiger partial charge is 0.137 e. The van der Waals surface area contributed by atoms with Crippen molar-refractivity contribution in [2.75, 3.05) is 13.7 Å². The molecule has 0 aliphatic rings. The molecule has 1 atom stereocenters. The molecule has 0 saturated heterocycles. The van der Waals surface area contributed by atoms with E-state index in [1.165, 1.54) is 11.1 Å². The predicted octanol–water partition coefficient (Wildman–Crippen LogP) is 5.00. The number of halogens is 2. The molecule has 0 heterocycles. The van der Waals surface area contributed by atoms with Gasteiger partial charge in [0.2, 0.25) is 0 Å². The predicted molar refractivity (Wildman–Crippen MR) is 92.3 cm³/mol. The SMILES string of the molecule is CCNC(Cc1cccc(Br)c1)c1ccc(OC)c(Cl)c1. The summed E-state index contributed by atoms with van der Waals surface area (Å²) in [4.78, 5) is 0. The fraction of sp³-hybridized carbons (Fsp3) is 0.294. The van der Waals surface area contributed by atoms with Crippen molar-refractivity contribution < 1.29 is 4.74 Å².